The highest BCUT2D eigenvalue weighted by atomic mass is 16.4. The summed E-state index contributed by atoms with van der Waals surface area (Å²) in [7, 11) is 0. The van der Waals surface area contributed by atoms with Crippen molar-refractivity contribution in [1.82, 2.24) is 4.90 Å². The van der Waals surface area contributed by atoms with Crippen LogP contribution in [0.25, 0.3) is 0 Å². The van der Waals surface area contributed by atoms with Crippen LogP contribution in [0.1, 0.15) is 57.1 Å². The first-order valence-corrected chi connectivity index (χ1v) is 8.72. The number of hydrogen-bond donors (Lipinski definition) is 1. The molecule has 0 unspecified atom stereocenters. The van der Waals surface area contributed by atoms with Gasteiger partial charge in [-0.2, -0.15) is 0 Å². The summed E-state index contributed by atoms with van der Waals surface area (Å²) in [5, 5.41) is 9.15. The predicted octanol–water partition coefficient (Wildman–Crippen LogP) is 3.40. The smallest absolute Gasteiger partial charge is 0.323 e. The van der Waals surface area contributed by atoms with E-state index in [0.29, 0.717) is 5.71 Å². The Kier molecular flexibility index (Phi) is 5.75. The molecule has 1 heterocycles. The molecule has 0 radical (unpaired) electrons. The molecule has 24 heavy (non-hydrogen) atoms. The summed E-state index contributed by atoms with van der Waals surface area (Å²) in [6.45, 7) is 5.71. The van der Waals surface area contributed by atoms with E-state index in [-0.39, 0.29) is 12.5 Å². The Morgan fingerprint density at radius 2 is 1.75 bits per heavy atom. The molecule has 1 fully saturated rings. The Morgan fingerprint density at radius 3 is 2.29 bits per heavy atom. The van der Waals surface area contributed by atoms with Gasteiger partial charge in [-0.1, -0.05) is 50.1 Å². The molecule has 1 saturated carbocycles. The summed E-state index contributed by atoms with van der Waals surface area (Å²) in [6, 6.07) is 7.65. The predicted molar refractivity (Wildman–Crippen MR) is 94.2 cm³/mol. The van der Waals surface area contributed by atoms with Crippen molar-refractivity contribution in [3.8, 4) is 0 Å². The quantitative estimate of drug-likeness (QED) is 0.923. The van der Waals surface area contributed by atoms with Crippen LogP contribution in [0.2, 0.25) is 0 Å². The highest BCUT2D eigenvalue weighted by Gasteiger charge is 2.48. The Hall–Kier alpha value is -2.17. The fourth-order valence-electron chi connectivity index (χ4n) is 3.39. The molecule has 3 rings (SSSR count). The first kappa shape index (κ1) is 18.2. The van der Waals surface area contributed by atoms with Gasteiger partial charge in [-0.15, -0.1) is 0 Å². The van der Waals surface area contributed by atoms with Crippen molar-refractivity contribution in [2.45, 2.75) is 58.5 Å². The maximum atomic E-state index is 12.7. The van der Waals surface area contributed by atoms with E-state index >= 15 is 0 Å². The summed E-state index contributed by atoms with van der Waals surface area (Å²) >= 11 is 0. The number of aliphatic carboxylic acids is 1. The molecule has 1 aromatic carbocycles. The number of nitrogens with zero attached hydrogens (tertiary/aromatic N) is 2. The van der Waals surface area contributed by atoms with Crippen molar-refractivity contribution in [3.63, 3.8) is 0 Å². The number of benzene rings is 1. The van der Waals surface area contributed by atoms with Gasteiger partial charge in [0, 0.05) is 5.56 Å². The lowest BCUT2D eigenvalue weighted by Crippen LogP contribution is -2.50. The standard InChI is InChI=1S/C17H20N2O3.C2H6/c1-12-5-7-13(8-6-12)15-16(22)19(11-14(20)21)17(18-15)9-3-2-4-10-17;1-2/h5-8H,2-4,9-11H2,1H3,(H,20,21);1-2H3. The normalized spacial score (nSPS) is 18.9. The van der Waals surface area contributed by atoms with Crippen LogP contribution >= 0.6 is 0 Å². The van der Waals surface area contributed by atoms with E-state index in [1.54, 1.807) is 0 Å². The molecule has 2 aliphatic rings. The summed E-state index contributed by atoms with van der Waals surface area (Å²) in [5.74, 6) is -1.24. The van der Waals surface area contributed by atoms with Gasteiger partial charge in [-0.05, 0) is 32.6 Å². The first-order chi connectivity index (χ1) is 11.5. The summed E-state index contributed by atoms with van der Waals surface area (Å²) in [4.78, 5) is 30.1. The third kappa shape index (κ3) is 3.50. The lowest BCUT2D eigenvalue weighted by atomic mass is 9.88. The maximum absolute atomic E-state index is 12.7. The number of hydrogen-bond acceptors (Lipinski definition) is 3. The van der Waals surface area contributed by atoms with Crippen molar-refractivity contribution in [3.05, 3.63) is 35.4 Å². The first-order valence-electron chi connectivity index (χ1n) is 8.72. The third-order valence-electron chi connectivity index (χ3n) is 4.54. The third-order valence-corrected chi connectivity index (χ3v) is 4.54. The number of carbonyl (C=O) groups excluding carboxylic acids is 1. The minimum Gasteiger partial charge on any atom is -0.480 e. The molecule has 0 bridgehead atoms. The molecule has 1 spiro atoms. The Labute approximate surface area is 143 Å². The van der Waals surface area contributed by atoms with Gasteiger partial charge < -0.3 is 10.0 Å². The van der Waals surface area contributed by atoms with Crippen LogP contribution in [0.4, 0.5) is 0 Å². The molecular formula is C19H26N2O3. The number of carboxylic acids is 1. The van der Waals surface area contributed by atoms with E-state index in [0.717, 1.165) is 43.2 Å². The van der Waals surface area contributed by atoms with Gasteiger partial charge in [0.25, 0.3) is 5.91 Å². The zero-order valence-electron chi connectivity index (χ0n) is 14.7. The van der Waals surface area contributed by atoms with Gasteiger partial charge in [0.2, 0.25) is 0 Å². The maximum Gasteiger partial charge on any atom is 0.323 e. The van der Waals surface area contributed by atoms with Crippen LogP contribution in [-0.2, 0) is 9.59 Å². The zero-order valence-corrected chi connectivity index (χ0v) is 14.7. The van der Waals surface area contributed by atoms with Gasteiger partial charge >= 0.3 is 5.97 Å². The lowest BCUT2D eigenvalue weighted by Gasteiger charge is -2.38. The summed E-state index contributed by atoms with van der Waals surface area (Å²) in [6.07, 6.45) is 4.58. The van der Waals surface area contributed by atoms with Crippen molar-refractivity contribution >= 4 is 17.6 Å². The van der Waals surface area contributed by atoms with Crippen LogP contribution in [0, 0.1) is 6.92 Å². The summed E-state index contributed by atoms with van der Waals surface area (Å²) < 4.78 is 0. The van der Waals surface area contributed by atoms with Crippen LogP contribution in [-0.4, -0.2) is 39.8 Å². The second kappa shape index (κ2) is 7.60. The Bertz CT molecular complexity index is 629. The van der Waals surface area contributed by atoms with Gasteiger partial charge in [-0.25, -0.2) is 0 Å². The largest absolute Gasteiger partial charge is 0.480 e. The van der Waals surface area contributed by atoms with E-state index in [1.807, 2.05) is 45.0 Å². The van der Waals surface area contributed by atoms with Crippen LogP contribution in [0.5, 0.6) is 0 Å². The fraction of sp³-hybridized carbons (Fsp3) is 0.526. The number of aliphatic imine (C=N–C) groups is 1. The van der Waals surface area contributed by atoms with Crippen molar-refractivity contribution < 1.29 is 14.7 Å². The van der Waals surface area contributed by atoms with Crippen LogP contribution in [0.15, 0.2) is 29.3 Å². The minimum atomic E-state index is -0.987. The highest BCUT2D eigenvalue weighted by Crippen LogP contribution is 2.39. The molecule has 0 saturated heterocycles. The average molecular weight is 330 g/mol. The molecular weight excluding hydrogens is 304 g/mol. The van der Waals surface area contributed by atoms with Crippen molar-refractivity contribution in [1.29, 1.82) is 0 Å². The minimum absolute atomic E-state index is 0.256. The van der Waals surface area contributed by atoms with Crippen molar-refractivity contribution in [2.75, 3.05) is 6.54 Å². The molecule has 1 aromatic rings. The molecule has 1 amide bonds. The number of rotatable bonds is 3. The molecule has 1 aliphatic heterocycles. The molecule has 5 heteroatoms. The van der Waals surface area contributed by atoms with Crippen LogP contribution in [0.3, 0.4) is 0 Å². The molecule has 1 N–H and O–H groups in total. The van der Waals surface area contributed by atoms with E-state index < -0.39 is 11.6 Å². The molecule has 0 aromatic heterocycles. The van der Waals surface area contributed by atoms with Gasteiger partial charge in [0.05, 0.1) is 0 Å². The van der Waals surface area contributed by atoms with Crippen LogP contribution < -0.4 is 0 Å². The van der Waals surface area contributed by atoms with Gasteiger partial charge in [-0.3, -0.25) is 14.6 Å². The van der Waals surface area contributed by atoms with E-state index in [1.165, 1.54) is 4.90 Å². The lowest BCUT2D eigenvalue weighted by molar-refractivity contribution is -0.145. The Morgan fingerprint density at radius 1 is 1.17 bits per heavy atom. The average Bonchev–Trinajstić information content (AvgIpc) is 2.84. The molecule has 0 atom stereocenters. The summed E-state index contributed by atoms with van der Waals surface area (Å²) in [5.41, 5.74) is 1.65. The number of carboxylic acid groups (broad SMARTS) is 1. The second-order valence-corrected chi connectivity index (χ2v) is 6.15. The van der Waals surface area contributed by atoms with Gasteiger partial charge in [0.15, 0.2) is 0 Å². The number of carbonyl (C=O) groups is 2. The molecule has 1 aliphatic carbocycles. The molecule has 130 valence electrons. The van der Waals surface area contributed by atoms with E-state index in [2.05, 4.69) is 0 Å². The van der Waals surface area contributed by atoms with Gasteiger partial charge in [0.1, 0.15) is 17.9 Å². The SMILES string of the molecule is CC.Cc1ccc(C2=NC3(CCCCC3)N(CC(=O)O)C2=O)cc1. The second-order valence-electron chi connectivity index (χ2n) is 6.15. The number of aryl methyl sites for hydroxylation is 1. The van der Waals surface area contributed by atoms with E-state index in [9.17, 15) is 9.59 Å². The van der Waals surface area contributed by atoms with Crippen molar-refractivity contribution in [2.24, 2.45) is 4.99 Å². The topological polar surface area (TPSA) is 70.0 Å². The highest BCUT2D eigenvalue weighted by molar-refractivity contribution is 6.47. The zero-order chi connectivity index (χ0) is 17.7. The van der Waals surface area contributed by atoms with E-state index in [4.69, 9.17) is 10.1 Å². The fourth-order valence-corrected chi connectivity index (χ4v) is 3.39. The number of amides is 1. The monoisotopic (exact) mass is 330 g/mol. The molecule has 5 nitrogen and oxygen atoms in total. The Balaban J connectivity index is 0.00000100.